The van der Waals surface area contributed by atoms with E-state index < -0.39 is 0 Å². The molecular weight excluding hydrogens is 370 g/mol. The van der Waals surface area contributed by atoms with Gasteiger partial charge in [0, 0.05) is 17.5 Å². The Balaban J connectivity index is 2.02. The number of aromatic nitrogens is 1. The number of hydrogen-bond donors (Lipinski definition) is 2. The molecule has 0 unspecified atom stereocenters. The van der Waals surface area contributed by atoms with Crippen LogP contribution in [0.4, 0.5) is 5.82 Å². The van der Waals surface area contributed by atoms with E-state index in [-0.39, 0.29) is 28.6 Å². The van der Waals surface area contributed by atoms with Crippen molar-refractivity contribution in [3.05, 3.63) is 47.0 Å². The number of anilines is 1. The lowest BCUT2D eigenvalue weighted by Crippen LogP contribution is -2.03. The molecule has 0 fully saturated rings. The van der Waals surface area contributed by atoms with Gasteiger partial charge in [-0.2, -0.15) is 5.26 Å². The quantitative estimate of drug-likeness (QED) is 0.549. The van der Waals surface area contributed by atoms with E-state index in [0.29, 0.717) is 17.5 Å². The summed E-state index contributed by atoms with van der Waals surface area (Å²) in [7, 11) is 4.53. The first-order valence-electron chi connectivity index (χ1n) is 8.87. The Morgan fingerprint density at radius 3 is 2.34 bits per heavy atom. The Morgan fingerprint density at radius 2 is 1.76 bits per heavy atom. The first-order valence-corrected chi connectivity index (χ1v) is 8.87. The molecule has 2 aromatic carbocycles. The predicted molar refractivity (Wildman–Crippen MR) is 108 cm³/mol. The lowest BCUT2D eigenvalue weighted by atomic mass is 9.93. The molecule has 29 heavy (non-hydrogen) atoms. The number of methoxy groups -OCH3 is 3. The van der Waals surface area contributed by atoms with E-state index in [0.717, 1.165) is 28.1 Å². The average Bonchev–Trinajstić information content (AvgIpc) is 3.10. The minimum atomic E-state index is -0.107. The smallest absolute Gasteiger partial charge is 0.200 e. The number of phenols is 1. The van der Waals surface area contributed by atoms with Crippen molar-refractivity contribution in [1.29, 1.82) is 5.26 Å². The van der Waals surface area contributed by atoms with E-state index in [1.165, 1.54) is 14.2 Å². The number of nitriles is 1. The molecule has 4 rings (SSSR count). The number of nitrogens with zero attached hydrogens (tertiary/aromatic N) is 2. The molecule has 1 aliphatic rings. The van der Waals surface area contributed by atoms with Crippen molar-refractivity contribution in [3.8, 4) is 51.5 Å². The third-order valence-corrected chi connectivity index (χ3v) is 5.14. The molecule has 146 valence electrons. The number of pyridine rings is 1. The summed E-state index contributed by atoms with van der Waals surface area (Å²) in [5.74, 6) is 1.27. The number of fused-ring (bicyclic) bond motifs is 3. The maximum absolute atomic E-state index is 10.3. The van der Waals surface area contributed by atoms with Crippen LogP contribution in [0.25, 0.3) is 22.4 Å². The minimum absolute atomic E-state index is 0.107. The van der Waals surface area contributed by atoms with E-state index in [4.69, 9.17) is 19.9 Å². The zero-order valence-corrected chi connectivity index (χ0v) is 16.2. The van der Waals surface area contributed by atoms with Crippen molar-refractivity contribution < 1.29 is 19.3 Å². The second kappa shape index (κ2) is 6.91. The zero-order valence-electron chi connectivity index (χ0n) is 16.2. The minimum Gasteiger partial charge on any atom is -0.502 e. The Morgan fingerprint density at radius 1 is 1.07 bits per heavy atom. The zero-order chi connectivity index (χ0) is 20.7. The molecular formula is C22H19N3O4. The fourth-order valence-corrected chi connectivity index (χ4v) is 3.77. The molecule has 0 atom stereocenters. The van der Waals surface area contributed by atoms with Crippen LogP contribution < -0.4 is 19.9 Å². The van der Waals surface area contributed by atoms with Crippen LogP contribution in [-0.4, -0.2) is 31.4 Å². The molecule has 0 radical (unpaired) electrons. The van der Waals surface area contributed by atoms with Crippen LogP contribution in [0.1, 0.15) is 16.7 Å². The molecule has 0 amide bonds. The number of phenolic OH excluding ortho intramolecular Hbond substituents is 1. The highest BCUT2D eigenvalue weighted by atomic mass is 16.5. The van der Waals surface area contributed by atoms with Gasteiger partial charge in [0.15, 0.2) is 11.5 Å². The number of benzene rings is 2. The summed E-state index contributed by atoms with van der Waals surface area (Å²) in [5, 5.41) is 20.1. The lowest BCUT2D eigenvalue weighted by Gasteiger charge is -2.16. The highest BCUT2D eigenvalue weighted by Crippen LogP contribution is 2.47. The van der Waals surface area contributed by atoms with Gasteiger partial charge in [-0.15, -0.1) is 0 Å². The average molecular weight is 389 g/mol. The Hall–Kier alpha value is -3.92. The standard InChI is InChI=1S/C22H19N3O4/c1-27-13-4-5-14-11(6-13)7-15-19(16(10-23)22(24)25-20(14)15)12-8-17(28-2)21(26)18(9-12)29-3/h4-6,8-9,26H,7H2,1-3H3,(H2,24,25). The topological polar surface area (TPSA) is 111 Å². The van der Waals surface area contributed by atoms with Gasteiger partial charge in [-0.3, -0.25) is 0 Å². The molecule has 1 aliphatic carbocycles. The molecule has 3 N–H and O–H groups in total. The van der Waals surface area contributed by atoms with Gasteiger partial charge in [-0.25, -0.2) is 4.98 Å². The number of rotatable bonds is 4. The van der Waals surface area contributed by atoms with Crippen LogP contribution in [0, 0.1) is 11.3 Å². The summed E-state index contributed by atoms with van der Waals surface area (Å²) >= 11 is 0. The molecule has 1 aromatic heterocycles. The summed E-state index contributed by atoms with van der Waals surface area (Å²) in [4.78, 5) is 4.51. The summed E-state index contributed by atoms with van der Waals surface area (Å²) in [6.45, 7) is 0. The molecule has 7 heteroatoms. The van der Waals surface area contributed by atoms with Gasteiger partial charge in [0.2, 0.25) is 5.75 Å². The second-order valence-corrected chi connectivity index (χ2v) is 6.62. The second-order valence-electron chi connectivity index (χ2n) is 6.62. The summed E-state index contributed by atoms with van der Waals surface area (Å²) in [6, 6.07) is 11.3. The van der Waals surface area contributed by atoms with Crippen LogP contribution in [0.3, 0.4) is 0 Å². The highest BCUT2D eigenvalue weighted by molar-refractivity contribution is 5.89. The fraction of sp³-hybridized carbons (Fsp3) is 0.182. The van der Waals surface area contributed by atoms with Crippen LogP contribution >= 0.6 is 0 Å². The SMILES string of the molecule is COc1ccc2c(c1)Cc1c-2nc(N)c(C#N)c1-c1cc(OC)c(O)c(OC)c1. The number of ether oxygens (including phenoxy) is 3. The van der Waals surface area contributed by atoms with Crippen LogP contribution in [0.15, 0.2) is 30.3 Å². The molecule has 1 heterocycles. The van der Waals surface area contributed by atoms with Crippen molar-refractivity contribution >= 4 is 5.82 Å². The van der Waals surface area contributed by atoms with Crippen molar-refractivity contribution in [1.82, 2.24) is 4.98 Å². The lowest BCUT2D eigenvalue weighted by molar-refractivity contribution is 0.340. The highest BCUT2D eigenvalue weighted by Gasteiger charge is 2.28. The van der Waals surface area contributed by atoms with Crippen LogP contribution in [-0.2, 0) is 6.42 Å². The number of hydrogen-bond acceptors (Lipinski definition) is 7. The molecule has 7 nitrogen and oxygen atoms in total. The first kappa shape index (κ1) is 18.4. The van der Waals surface area contributed by atoms with Gasteiger partial charge in [-0.1, -0.05) is 0 Å². The van der Waals surface area contributed by atoms with Crippen LogP contribution in [0.2, 0.25) is 0 Å². The summed E-state index contributed by atoms with van der Waals surface area (Å²) in [6.07, 6.45) is 0.574. The van der Waals surface area contributed by atoms with Crippen LogP contribution in [0.5, 0.6) is 23.0 Å². The van der Waals surface area contributed by atoms with Gasteiger partial charge in [-0.05, 0) is 47.0 Å². The Kier molecular flexibility index (Phi) is 4.40. The molecule has 0 bridgehead atoms. The predicted octanol–water partition coefficient (Wildman–Crippen LogP) is 3.51. The summed E-state index contributed by atoms with van der Waals surface area (Å²) < 4.78 is 15.9. The number of aromatic hydroxyl groups is 1. The van der Waals surface area contributed by atoms with Gasteiger partial charge in [0.05, 0.1) is 27.0 Å². The van der Waals surface area contributed by atoms with E-state index in [2.05, 4.69) is 11.1 Å². The van der Waals surface area contributed by atoms with Crippen molar-refractivity contribution in [2.75, 3.05) is 27.1 Å². The third kappa shape index (κ3) is 2.77. The van der Waals surface area contributed by atoms with E-state index in [9.17, 15) is 10.4 Å². The van der Waals surface area contributed by atoms with Gasteiger partial charge >= 0.3 is 0 Å². The molecule has 0 saturated heterocycles. The first-order chi connectivity index (χ1) is 14.0. The molecule has 0 saturated carbocycles. The monoisotopic (exact) mass is 389 g/mol. The van der Waals surface area contributed by atoms with Gasteiger partial charge < -0.3 is 25.1 Å². The molecule has 0 aliphatic heterocycles. The fourth-order valence-electron chi connectivity index (χ4n) is 3.77. The maximum Gasteiger partial charge on any atom is 0.200 e. The van der Waals surface area contributed by atoms with Gasteiger partial charge in [0.25, 0.3) is 0 Å². The number of nitrogen functional groups attached to an aromatic ring is 1. The Bertz CT molecular complexity index is 1160. The molecule has 3 aromatic rings. The van der Waals surface area contributed by atoms with Crippen molar-refractivity contribution in [3.63, 3.8) is 0 Å². The van der Waals surface area contributed by atoms with E-state index in [1.54, 1.807) is 19.2 Å². The van der Waals surface area contributed by atoms with Crippen molar-refractivity contribution in [2.45, 2.75) is 6.42 Å². The van der Waals surface area contributed by atoms with Gasteiger partial charge in [0.1, 0.15) is 23.2 Å². The van der Waals surface area contributed by atoms with E-state index >= 15 is 0 Å². The maximum atomic E-state index is 10.3. The van der Waals surface area contributed by atoms with Crippen molar-refractivity contribution in [2.24, 2.45) is 0 Å². The number of nitrogens with two attached hydrogens (primary N) is 1. The van der Waals surface area contributed by atoms with E-state index in [1.807, 2.05) is 18.2 Å². The Labute approximate surface area is 167 Å². The molecule has 0 spiro atoms. The third-order valence-electron chi connectivity index (χ3n) is 5.14. The normalized spacial score (nSPS) is 11.4. The largest absolute Gasteiger partial charge is 0.502 e. The summed E-state index contributed by atoms with van der Waals surface area (Å²) in [5.41, 5.74) is 11.4.